The maximum absolute atomic E-state index is 13.9. The molecule has 5 nitrogen and oxygen atoms in total. The molecule has 1 N–H and O–H groups in total. The summed E-state index contributed by atoms with van der Waals surface area (Å²) in [5.74, 6) is -2.44. The molecule has 2 aromatic carbocycles. The highest BCUT2D eigenvalue weighted by molar-refractivity contribution is 7.92. The summed E-state index contributed by atoms with van der Waals surface area (Å²) in [6.45, 7) is -0.218. The van der Waals surface area contributed by atoms with Crippen LogP contribution in [0.15, 0.2) is 48.5 Å². The molecule has 0 saturated heterocycles. The van der Waals surface area contributed by atoms with Gasteiger partial charge < -0.3 is 5.32 Å². The fourth-order valence-electron chi connectivity index (χ4n) is 2.42. The van der Waals surface area contributed by atoms with Gasteiger partial charge in [0.2, 0.25) is 15.9 Å². The Morgan fingerprint density at radius 1 is 1.12 bits per heavy atom. The topological polar surface area (TPSA) is 66.5 Å². The van der Waals surface area contributed by atoms with E-state index in [2.05, 4.69) is 5.32 Å². The van der Waals surface area contributed by atoms with Crippen molar-refractivity contribution >= 4 is 21.6 Å². The zero-order chi connectivity index (χ0) is 19.2. The van der Waals surface area contributed by atoms with Gasteiger partial charge >= 0.3 is 0 Å². The van der Waals surface area contributed by atoms with Crippen molar-refractivity contribution in [3.63, 3.8) is 0 Å². The first kappa shape index (κ1) is 19.8. The van der Waals surface area contributed by atoms with E-state index < -0.39 is 34.1 Å². The monoisotopic (exact) mass is 382 g/mol. The standard InChI is InChI=1S/C18H20F2N2O3S/c1-26(24,25)22(17-10-9-15(19)12-16(17)20)13-18(23)21-11-5-8-14-6-3-2-4-7-14/h2-4,6-7,9-10,12H,5,8,11,13H2,1H3,(H,21,23). The average Bonchev–Trinajstić information content (AvgIpc) is 2.57. The number of carbonyl (C=O) groups excluding carboxylic acids is 1. The Kier molecular flexibility index (Phi) is 6.68. The molecule has 0 aliphatic heterocycles. The van der Waals surface area contributed by atoms with E-state index >= 15 is 0 Å². The van der Waals surface area contributed by atoms with Crippen molar-refractivity contribution in [1.29, 1.82) is 0 Å². The zero-order valence-corrected chi connectivity index (χ0v) is 15.1. The van der Waals surface area contributed by atoms with Crippen LogP contribution in [0, 0.1) is 11.6 Å². The number of benzene rings is 2. The summed E-state index contributed by atoms with van der Waals surface area (Å²) in [6, 6.07) is 12.2. The first-order valence-corrected chi connectivity index (χ1v) is 9.85. The Bertz CT molecular complexity index is 858. The predicted octanol–water partition coefficient (Wildman–Crippen LogP) is 2.48. The molecule has 0 aliphatic rings. The first-order chi connectivity index (χ1) is 12.3. The van der Waals surface area contributed by atoms with E-state index in [9.17, 15) is 22.0 Å². The average molecular weight is 382 g/mol. The van der Waals surface area contributed by atoms with E-state index in [1.54, 1.807) is 0 Å². The first-order valence-electron chi connectivity index (χ1n) is 8.01. The van der Waals surface area contributed by atoms with E-state index in [-0.39, 0.29) is 5.69 Å². The van der Waals surface area contributed by atoms with Gasteiger partial charge in [-0.25, -0.2) is 17.2 Å². The van der Waals surface area contributed by atoms with Crippen LogP contribution in [0.4, 0.5) is 14.5 Å². The number of halogens is 2. The molecule has 0 spiro atoms. The number of aryl methyl sites for hydroxylation is 1. The maximum Gasteiger partial charge on any atom is 0.240 e. The molecular formula is C18H20F2N2O3S. The van der Waals surface area contributed by atoms with Crippen molar-refractivity contribution in [2.24, 2.45) is 0 Å². The molecule has 0 radical (unpaired) electrons. The Morgan fingerprint density at radius 3 is 2.42 bits per heavy atom. The van der Waals surface area contributed by atoms with E-state index in [0.717, 1.165) is 30.4 Å². The fraction of sp³-hybridized carbons (Fsp3) is 0.278. The second-order valence-electron chi connectivity index (χ2n) is 5.80. The highest BCUT2D eigenvalue weighted by Gasteiger charge is 2.23. The molecule has 0 saturated carbocycles. The molecule has 0 aromatic heterocycles. The van der Waals surface area contributed by atoms with Crippen LogP contribution in [-0.4, -0.2) is 33.7 Å². The Balaban J connectivity index is 1.94. The number of sulfonamides is 1. The van der Waals surface area contributed by atoms with Crippen LogP contribution in [-0.2, 0) is 21.2 Å². The number of nitrogens with zero attached hydrogens (tertiary/aromatic N) is 1. The molecule has 0 atom stereocenters. The Hall–Kier alpha value is -2.48. The van der Waals surface area contributed by atoms with Gasteiger partial charge in [-0.15, -0.1) is 0 Å². The van der Waals surface area contributed by atoms with Gasteiger partial charge in [0.25, 0.3) is 0 Å². The Labute approximate surface area is 151 Å². The number of rotatable bonds is 8. The SMILES string of the molecule is CS(=O)(=O)N(CC(=O)NCCCc1ccccc1)c1ccc(F)cc1F. The molecular weight excluding hydrogens is 362 g/mol. The summed E-state index contributed by atoms with van der Waals surface area (Å²) >= 11 is 0. The molecule has 0 aliphatic carbocycles. The highest BCUT2D eigenvalue weighted by atomic mass is 32.2. The molecule has 0 heterocycles. The Morgan fingerprint density at radius 2 is 1.81 bits per heavy atom. The van der Waals surface area contributed by atoms with Crippen LogP contribution < -0.4 is 9.62 Å². The van der Waals surface area contributed by atoms with Gasteiger partial charge in [-0.3, -0.25) is 9.10 Å². The lowest BCUT2D eigenvalue weighted by Gasteiger charge is -2.22. The molecule has 26 heavy (non-hydrogen) atoms. The van der Waals surface area contributed by atoms with Crippen LogP contribution in [0.5, 0.6) is 0 Å². The van der Waals surface area contributed by atoms with E-state index in [4.69, 9.17) is 0 Å². The van der Waals surface area contributed by atoms with Gasteiger partial charge in [0.1, 0.15) is 18.2 Å². The smallest absolute Gasteiger partial charge is 0.240 e. The quantitative estimate of drug-likeness (QED) is 0.714. The lowest BCUT2D eigenvalue weighted by molar-refractivity contribution is -0.119. The molecule has 2 aromatic rings. The van der Waals surface area contributed by atoms with Crippen LogP contribution in [0.3, 0.4) is 0 Å². The third-order valence-corrected chi connectivity index (χ3v) is 4.80. The van der Waals surface area contributed by atoms with Crippen molar-refractivity contribution in [3.8, 4) is 0 Å². The van der Waals surface area contributed by atoms with Gasteiger partial charge in [-0.2, -0.15) is 0 Å². The predicted molar refractivity (Wildman–Crippen MR) is 96.3 cm³/mol. The summed E-state index contributed by atoms with van der Waals surface area (Å²) in [7, 11) is -3.91. The van der Waals surface area contributed by atoms with E-state index in [1.807, 2.05) is 30.3 Å². The lowest BCUT2D eigenvalue weighted by atomic mass is 10.1. The number of carbonyl (C=O) groups is 1. The largest absolute Gasteiger partial charge is 0.355 e. The minimum Gasteiger partial charge on any atom is -0.355 e. The van der Waals surface area contributed by atoms with Crippen molar-refractivity contribution < 1.29 is 22.0 Å². The molecule has 0 fully saturated rings. The molecule has 0 unspecified atom stereocenters. The second-order valence-corrected chi connectivity index (χ2v) is 7.71. The molecule has 8 heteroatoms. The van der Waals surface area contributed by atoms with Crippen LogP contribution in [0.2, 0.25) is 0 Å². The molecule has 140 valence electrons. The molecule has 0 bridgehead atoms. The highest BCUT2D eigenvalue weighted by Crippen LogP contribution is 2.22. The number of nitrogens with one attached hydrogen (secondary N) is 1. The summed E-state index contributed by atoms with van der Waals surface area (Å²) in [4.78, 5) is 12.0. The molecule has 1 amide bonds. The number of anilines is 1. The van der Waals surface area contributed by atoms with Gasteiger partial charge in [-0.1, -0.05) is 30.3 Å². The number of hydrogen-bond acceptors (Lipinski definition) is 3. The van der Waals surface area contributed by atoms with Gasteiger partial charge in [0.05, 0.1) is 11.9 Å². The maximum atomic E-state index is 13.9. The van der Waals surface area contributed by atoms with Crippen LogP contribution in [0.25, 0.3) is 0 Å². The normalized spacial score (nSPS) is 11.2. The fourth-order valence-corrected chi connectivity index (χ4v) is 3.27. The molecule has 2 rings (SSSR count). The lowest BCUT2D eigenvalue weighted by Crippen LogP contribution is -2.41. The summed E-state index contributed by atoms with van der Waals surface area (Å²) in [5.41, 5.74) is 0.765. The minimum atomic E-state index is -3.91. The summed E-state index contributed by atoms with van der Waals surface area (Å²) in [6.07, 6.45) is 2.31. The van der Waals surface area contributed by atoms with Gasteiger partial charge in [0, 0.05) is 12.6 Å². The third-order valence-electron chi connectivity index (χ3n) is 3.67. The minimum absolute atomic E-state index is 0.358. The number of hydrogen-bond donors (Lipinski definition) is 1. The number of amides is 1. The van der Waals surface area contributed by atoms with Crippen molar-refractivity contribution in [1.82, 2.24) is 5.32 Å². The summed E-state index contributed by atoms with van der Waals surface area (Å²) in [5, 5.41) is 2.61. The second kappa shape index (κ2) is 8.75. The third kappa shape index (κ3) is 5.80. The van der Waals surface area contributed by atoms with E-state index in [1.165, 1.54) is 0 Å². The van der Waals surface area contributed by atoms with Crippen molar-refractivity contribution in [2.45, 2.75) is 12.8 Å². The van der Waals surface area contributed by atoms with E-state index in [0.29, 0.717) is 23.3 Å². The van der Waals surface area contributed by atoms with Crippen LogP contribution in [0.1, 0.15) is 12.0 Å². The van der Waals surface area contributed by atoms with Gasteiger partial charge in [0.15, 0.2) is 0 Å². The van der Waals surface area contributed by atoms with Crippen molar-refractivity contribution in [3.05, 3.63) is 65.7 Å². The van der Waals surface area contributed by atoms with Crippen molar-refractivity contribution in [2.75, 3.05) is 23.7 Å². The van der Waals surface area contributed by atoms with Gasteiger partial charge in [-0.05, 0) is 30.5 Å². The summed E-state index contributed by atoms with van der Waals surface area (Å²) < 4.78 is 51.4. The zero-order valence-electron chi connectivity index (χ0n) is 14.3. The van der Waals surface area contributed by atoms with Crippen LogP contribution >= 0.6 is 0 Å².